The fraction of sp³-hybridized carbons (Fsp3) is 0. The number of rotatable bonds is 4. The van der Waals surface area contributed by atoms with Gasteiger partial charge < -0.3 is 29.4 Å². The van der Waals surface area contributed by atoms with Crippen LogP contribution in [0.5, 0.6) is 0 Å². The quantitative estimate of drug-likeness (QED) is 0.132. The maximum atomic E-state index is 8.88. The average molecular weight is 578 g/mol. The van der Waals surface area contributed by atoms with Crippen molar-refractivity contribution in [2.24, 2.45) is 0 Å². The monoisotopic (exact) mass is 578 g/mol. The Hall–Kier alpha value is -3.68. The zero-order valence-corrected chi connectivity index (χ0v) is 22.9. The summed E-state index contributed by atoms with van der Waals surface area (Å²) in [6.45, 7) is 0. The van der Waals surface area contributed by atoms with Crippen LogP contribution in [0.3, 0.4) is 0 Å². The minimum atomic E-state index is -4.64. The molecule has 5 rings (SSSR count). The van der Waals surface area contributed by atoms with Crippen molar-refractivity contribution in [2.45, 2.75) is 0 Å². The van der Waals surface area contributed by atoms with E-state index in [4.69, 9.17) is 38.5 Å². The van der Waals surface area contributed by atoms with E-state index >= 15 is 0 Å². The van der Waals surface area contributed by atoms with Crippen LogP contribution >= 0.6 is 15.6 Å². The summed E-state index contributed by atoms with van der Waals surface area (Å²) in [5, 5.41) is 0. The summed E-state index contributed by atoms with van der Waals surface area (Å²) in [6, 6.07) is 47.4. The first-order valence-corrected chi connectivity index (χ1v) is 15.0. The third kappa shape index (κ3) is 10.1. The molecular weight excluding hydrogens is 550 g/mol. The van der Waals surface area contributed by atoms with E-state index in [1.54, 1.807) is 0 Å². The summed E-state index contributed by atoms with van der Waals surface area (Å²) in [5.41, 5.74) is 9.96. The summed E-state index contributed by atoms with van der Waals surface area (Å²) in [6.07, 6.45) is 0. The maximum Gasteiger partial charge on any atom is 0.466 e. The van der Waals surface area contributed by atoms with E-state index in [0.717, 1.165) is 0 Å². The van der Waals surface area contributed by atoms with Crippen LogP contribution in [0.1, 0.15) is 0 Å². The Kier molecular flexibility index (Phi) is 10.9. The van der Waals surface area contributed by atoms with Gasteiger partial charge in [0.15, 0.2) is 0 Å². The van der Waals surface area contributed by atoms with Gasteiger partial charge in [-0.2, -0.15) is 0 Å². The van der Waals surface area contributed by atoms with Crippen molar-refractivity contribution < 1.29 is 38.5 Å². The fourth-order valence-corrected chi connectivity index (χ4v) is 4.13. The zero-order chi connectivity index (χ0) is 29.2. The molecule has 6 N–H and O–H groups in total. The number of phosphoric acid groups is 2. The predicted molar refractivity (Wildman–Crippen MR) is 157 cm³/mol. The van der Waals surface area contributed by atoms with Gasteiger partial charge in [0.2, 0.25) is 0 Å². The maximum absolute atomic E-state index is 8.88. The van der Waals surface area contributed by atoms with Crippen LogP contribution < -0.4 is 0 Å². The second kappa shape index (κ2) is 14.1. The molecule has 5 aromatic rings. The van der Waals surface area contributed by atoms with Gasteiger partial charge in [-0.15, -0.1) is 0 Å². The Labute approximate surface area is 232 Å². The Morgan fingerprint density at radius 2 is 0.525 bits per heavy atom. The average Bonchev–Trinajstić information content (AvgIpc) is 2.92. The molecule has 0 aliphatic rings. The molecule has 0 spiro atoms. The van der Waals surface area contributed by atoms with Crippen LogP contribution in [0.2, 0.25) is 0 Å². The molecule has 206 valence electrons. The molecule has 40 heavy (non-hydrogen) atoms. The lowest BCUT2D eigenvalue weighted by Crippen LogP contribution is -1.94. The van der Waals surface area contributed by atoms with Crippen molar-refractivity contribution in [3.05, 3.63) is 133 Å². The number of hydrogen-bond donors (Lipinski definition) is 6. The zero-order valence-electron chi connectivity index (χ0n) is 21.1. The van der Waals surface area contributed by atoms with Crippen molar-refractivity contribution in [1.82, 2.24) is 0 Å². The highest BCUT2D eigenvalue weighted by atomic mass is 31.2. The van der Waals surface area contributed by atoms with Gasteiger partial charge in [-0.3, -0.25) is 0 Å². The fourth-order valence-electron chi connectivity index (χ4n) is 4.13. The standard InChI is InChI=1S/C30H22.2H3O4P/c1-5-13-23(14-6-1)27-21-22-28(24-15-7-2-8-16-24)30(26-19-11-4-12-20-26)29(27)25-17-9-3-10-18-25;2*1-5(2,3)4/h1-22H;2*(H3,1,2,3,4). The van der Waals surface area contributed by atoms with Gasteiger partial charge in [-0.25, -0.2) is 9.13 Å². The van der Waals surface area contributed by atoms with Crippen molar-refractivity contribution >= 4 is 15.6 Å². The van der Waals surface area contributed by atoms with Crippen molar-refractivity contribution in [2.75, 3.05) is 0 Å². The Morgan fingerprint density at radius 3 is 0.750 bits per heavy atom. The Bertz CT molecular complexity index is 1450. The van der Waals surface area contributed by atoms with Crippen LogP contribution in [0.25, 0.3) is 44.5 Å². The number of benzene rings is 5. The topological polar surface area (TPSA) is 156 Å². The molecule has 0 aromatic heterocycles. The summed E-state index contributed by atoms with van der Waals surface area (Å²) in [4.78, 5) is 43.1. The smallest absolute Gasteiger partial charge is 0.303 e. The summed E-state index contributed by atoms with van der Waals surface area (Å²) < 4.78 is 17.8. The molecule has 0 radical (unpaired) electrons. The molecule has 5 aromatic carbocycles. The van der Waals surface area contributed by atoms with Gasteiger partial charge in [0, 0.05) is 0 Å². The summed E-state index contributed by atoms with van der Waals surface area (Å²) in [7, 11) is -9.28. The first kappa shape index (κ1) is 30.9. The van der Waals surface area contributed by atoms with Gasteiger partial charge in [-0.05, 0) is 44.5 Å². The van der Waals surface area contributed by atoms with Gasteiger partial charge in [-0.1, -0.05) is 133 Å². The molecule has 0 saturated carbocycles. The van der Waals surface area contributed by atoms with Gasteiger partial charge in [0.25, 0.3) is 0 Å². The van der Waals surface area contributed by atoms with E-state index in [9.17, 15) is 0 Å². The minimum Gasteiger partial charge on any atom is -0.303 e. The molecule has 0 saturated heterocycles. The molecule has 0 bridgehead atoms. The lowest BCUT2D eigenvalue weighted by Gasteiger charge is -2.20. The van der Waals surface area contributed by atoms with Crippen LogP contribution in [0, 0.1) is 0 Å². The van der Waals surface area contributed by atoms with Gasteiger partial charge in [0.05, 0.1) is 0 Å². The minimum absolute atomic E-state index is 1.23. The lowest BCUT2D eigenvalue weighted by atomic mass is 9.83. The van der Waals surface area contributed by atoms with Crippen LogP contribution in [-0.4, -0.2) is 29.4 Å². The second-order valence-electron chi connectivity index (χ2n) is 8.40. The van der Waals surface area contributed by atoms with E-state index in [2.05, 4.69) is 133 Å². The highest BCUT2D eigenvalue weighted by molar-refractivity contribution is 7.45. The molecule has 0 unspecified atom stereocenters. The molecule has 0 fully saturated rings. The highest BCUT2D eigenvalue weighted by Gasteiger charge is 2.18. The van der Waals surface area contributed by atoms with Crippen LogP contribution in [0.15, 0.2) is 133 Å². The van der Waals surface area contributed by atoms with Crippen molar-refractivity contribution in [3.63, 3.8) is 0 Å². The third-order valence-corrected chi connectivity index (χ3v) is 5.50. The Balaban J connectivity index is 0.000000381. The number of hydrogen-bond acceptors (Lipinski definition) is 2. The van der Waals surface area contributed by atoms with E-state index in [-0.39, 0.29) is 0 Å². The third-order valence-electron chi connectivity index (χ3n) is 5.50. The van der Waals surface area contributed by atoms with Crippen LogP contribution in [0.4, 0.5) is 0 Å². The first-order valence-electron chi connectivity index (χ1n) is 11.9. The molecule has 0 amide bonds. The lowest BCUT2D eigenvalue weighted by molar-refractivity contribution is 0.272. The summed E-state index contributed by atoms with van der Waals surface area (Å²) >= 11 is 0. The second-order valence-corrected chi connectivity index (χ2v) is 10.5. The van der Waals surface area contributed by atoms with Crippen molar-refractivity contribution in [1.29, 1.82) is 0 Å². The largest absolute Gasteiger partial charge is 0.466 e. The molecular formula is C30H28O8P2. The predicted octanol–water partition coefficient (Wildman–Crippen LogP) is 6.50. The van der Waals surface area contributed by atoms with E-state index < -0.39 is 15.6 Å². The highest BCUT2D eigenvalue weighted by Crippen LogP contribution is 2.45. The Morgan fingerprint density at radius 1 is 0.325 bits per heavy atom. The molecule has 0 atom stereocenters. The molecule has 0 heterocycles. The van der Waals surface area contributed by atoms with E-state index in [1.807, 2.05) is 0 Å². The molecule has 0 aliphatic heterocycles. The van der Waals surface area contributed by atoms with E-state index in [1.165, 1.54) is 44.5 Å². The summed E-state index contributed by atoms with van der Waals surface area (Å²) in [5.74, 6) is 0. The normalized spacial score (nSPS) is 10.9. The molecule has 0 aliphatic carbocycles. The molecule has 10 heteroatoms. The first-order chi connectivity index (χ1) is 18.9. The van der Waals surface area contributed by atoms with Crippen molar-refractivity contribution in [3.8, 4) is 44.5 Å². The van der Waals surface area contributed by atoms with Crippen LogP contribution in [-0.2, 0) is 9.13 Å². The van der Waals surface area contributed by atoms with E-state index in [0.29, 0.717) is 0 Å². The van der Waals surface area contributed by atoms with Gasteiger partial charge in [0.1, 0.15) is 0 Å². The SMILES string of the molecule is O=P(O)(O)O.O=P(O)(O)O.c1ccc(-c2ccc(-c3ccccc3)c(-c3ccccc3)c2-c2ccccc2)cc1. The van der Waals surface area contributed by atoms with Gasteiger partial charge >= 0.3 is 15.6 Å². The molecule has 8 nitrogen and oxygen atoms in total.